The molecule has 0 atom stereocenters. The molecule has 0 bridgehead atoms. The number of amides is 1. The SMILES string of the molecule is COc1ccc(C2=NN(c3ccc([N+](=O)[O-])cc3)C(=O)C2=O)cc1. The molecule has 8 heteroatoms. The summed E-state index contributed by atoms with van der Waals surface area (Å²) in [5.41, 5.74) is 0.665. The number of nitrogens with zero attached hydrogens (tertiary/aromatic N) is 3. The number of methoxy groups -OCH3 is 1. The molecule has 2 aromatic carbocycles. The van der Waals surface area contributed by atoms with E-state index in [2.05, 4.69) is 5.10 Å². The van der Waals surface area contributed by atoms with Crippen LogP contribution in [0.3, 0.4) is 0 Å². The van der Waals surface area contributed by atoms with E-state index in [0.29, 0.717) is 11.3 Å². The van der Waals surface area contributed by atoms with Crippen molar-refractivity contribution in [3.8, 4) is 5.75 Å². The van der Waals surface area contributed by atoms with Gasteiger partial charge in [-0.1, -0.05) is 0 Å². The van der Waals surface area contributed by atoms with Gasteiger partial charge < -0.3 is 4.74 Å². The Morgan fingerprint density at radius 3 is 2.21 bits per heavy atom. The van der Waals surface area contributed by atoms with Crippen LogP contribution in [-0.2, 0) is 9.59 Å². The van der Waals surface area contributed by atoms with Gasteiger partial charge in [-0.3, -0.25) is 19.7 Å². The molecule has 1 aliphatic rings. The highest BCUT2D eigenvalue weighted by molar-refractivity contribution is 6.72. The first-order valence-electron chi connectivity index (χ1n) is 6.87. The van der Waals surface area contributed by atoms with Gasteiger partial charge in [-0.2, -0.15) is 10.1 Å². The first-order chi connectivity index (χ1) is 11.5. The molecule has 1 amide bonds. The zero-order valence-corrected chi connectivity index (χ0v) is 12.5. The van der Waals surface area contributed by atoms with E-state index in [-0.39, 0.29) is 17.1 Å². The molecule has 8 nitrogen and oxygen atoms in total. The highest BCUT2D eigenvalue weighted by Gasteiger charge is 2.35. The maximum Gasteiger partial charge on any atom is 0.321 e. The lowest BCUT2D eigenvalue weighted by Gasteiger charge is -2.09. The molecule has 0 fully saturated rings. The first kappa shape index (κ1) is 15.3. The number of ketones is 1. The van der Waals surface area contributed by atoms with Crippen LogP contribution in [0, 0.1) is 10.1 Å². The standard InChI is InChI=1S/C16H11N3O5/c1-24-13-8-2-10(3-9-13)14-15(20)16(21)18(17-14)11-4-6-12(7-5-11)19(22)23/h2-9H,1H3. The van der Waals surface area contributed by atoms with Gasteiger partial charge >= 0.3 is 5.91 Å². The van der Waals surface area contributed by atoms with Crippen LogP contribution >= 0.6 is 0 Å². The van der Waals surface area contributed by atoms with Crippen LogP contribution in [0.4, 0.5) is 11.4 Å². The third kappa shape index (κ3) is 2.60. The Hall–Kier alpha value is -3.55. The average molecular weight is 325 g/mol. The summed E-state index contributed by atoms with van der Waals surface area (Å²) in [5, 5.41) is 15.7. The largest absolute Gasteiger partial charge is 0.497 e. The van der Waals surface area contributed by atoms with Gasteiger partial charge in [-0.05, 0) is 36.4 Å². The summed E-state index contributed by atoms with van der Waals surface area (Å²) in [7, 11) is 1.52. The van der Waals surface area contributed by atoms with E-state index in [0.717, 1.165) is 5.01 Å². The van der Waals surface area contributed by atoms with Crippen molar-refractivity contribution in [3.63, 3.8) is 0 Å². The number of anilines is 1. The molecule has 0 aromatic heterocycles. The van der Waals surface area contributed by atoms with Crippen LogP contribution in [0.15, 0.2) is 53.6 Å². The third-order valence-corrected chi connectivity index (χ3v) is 3.47. The second kappa shape index (κ2) is 5.92. The van der Waals surface area contributed by atoms with Gasteiger partial charge in [-0.25, -0.2) is 0 Å². The van der Waals surface area contributed by atoms with E-state index in [9.17, 15) is 19.7 Å². The zero-order valence-electron chi connectivity index (χ0n) is 12.5. The van der Waals surface area contributed by atoms with Gasteiger partial charge in [-0.15, -0.1) is 0 Å². The highest BCUT2D eigenvalue weighted by Crippen LogP contribution is 2.24. The average Bonchev–Trinajstić information content (AvgIpc) is 2.90. The molecule has 120 valence electrons. The number of ether oxygens (including phenoxy) is 1. The molecule has 1 aliphatic heterocycles. The fourth-order valence-corrected chi connectivity index (χ4v) is 2.22. The molecule has 2 aromatic rings. The zero-order chi connectivity index (χ0) is 17.3. The normalized spacial score (nSPS) is 13.9. The quantitative estimate of drug-likeness (QED) is 0.485. The molecule has 3 rings (SSSR count). The van der Waals surface area contributed by atoms with Gasteiger partial charge in [0.25, 0.3) is 11.5 Å². The molecule has 1 heterocycles. The van der Waals surface area contributed by atoms with Crippen molar-refractivity contribution in [3.05, 3.63) is 64.2 Å². The lowest BCUT2D eigenvalue weighted by molar-refractivity contribution is -0.384. The molecule has 24 heavy (non-hydrogen) atoms. The van der Waals surface area contributed by atoms with E-state index >= 15 is 0 Å². The Balaban J connectivity index is 1.94. The third-order valence-electron chi connectivity index (χ3n) is 3.47. The number of non-ortho nitro benzene ring substituents is 1. The summed E-state index contributed by atoms with van der Waals surface area (Å²) >= 11 is 0. The van der Waals surface area contributed by atoms with Gasteiger partial charge in [0.2, 0.25) is 0 Å². The molecule has 0 saturated carbocycles. The maximum atomic E-state index is 12.2. The number of benzene rings is 2. The fourth-order valence-electron chi connectivity index (χ4n) is 2.22. The lowest BCUT2D eigenvalue weighted by atomic mass is 10.1. The summed E-state index contributed by atoms with van der Waals surface area (Å²) in [6.07, 6.45) is 0. The number of nitro groups is 1. The number of carbonyl (C=O) groups excluding carboxylic acids is 2. The summed E-state index contributed by atoms with van der Waals surface area (Å²) < 4.78 is 5.04. The topological polar surface area (TPSA) is 102 Å². The minimum Gasteiger partial charge on any atom is -0.497 e. The number of rotatable bonds is 4. The van der Waals surface area contributed by atoms with Crippen molar-refractivity contribution in [2.75, 3.05) is 12.1 Å². The first-order valence-corrected chi connectivity index (χ1v) is 6.87. The van der Waals surface area contributed by atoms with E-state index in [4.69, 9.17) is 4.74 Å². The van der Waals surface area contributed by atoms with E-state index in [1.807, 2.05) is 0 Å². The molecule has 0 saturated heterocycles. The number of hydrogen-bond acceptors (Lipinski definition) is 6. The number of hydrogen-bond donors (Lipinski definition) is 0. The Morgan fingerprint density at radius 1 is 1.04 bits per heavy atom. The van der Waals surface area contributed by atoms with Crippen molar-refractivity contribution in [2.24, 2.45) is 5.10 Å². The van der Waals surface area contributed by atoms with Gasteiger partial charge in [0.05, 0.1) is 17.7 Å². The summed E-state index contributed by atoms with van der Waals surface area (Å²) in [6.45, 7) is 0. The van der Waals surface area contributed by atoms with Gasteiger partial charge in [0.15, 0.2) is 0 Å². The fraction of sp³-hybridized carbons (Fsp3) is 0.0625. The minimum absolute atomic E-state index is 0.0148. The Bertz CT molecular complexity index is 856. The van der Waals surface area contributed by atoms with Crippen molar-refractivity contribution in [1.29, 1.82) is 0 Å². The maximum absolute atomic E-state index is 12.2. The monoisotopic (exact) mass is 325 g/mol. The van der Waals surface area contributed by atoms with Crippen LogP contribution in [0.2, 0.25) is 0 Å². The molecule has 0 spiro atoms. The second-order valence-corrected chi connectivity index (χ2v) is 4.90. The van der Waals surface area contributed by atoms with Crippen molar-refractivity contribution in [2.45, 2.75) is 0 Å². The summed E-state index contributed by atoms with van der Waals surface area (Å²) in [5.74, 6) is -0.934. The number of hydrazone groups is 1. The Morgan fingerprint density at radius 2 is 1.67 bits per heavy atom. The Labute approximate surface area is 136 Å². The van der Waals surface area contributed by atoms with Crippen LogP contribution in [0.1, 0.15) is 5.56 Å². The predicted octanol–water partition coefficient (Wildman–Crippen LogP) is 1.92. The van der Waals surface area contributed by atoms with Crippen molar-refractivity contribution < 1.29 is 19.2 Å². The number of carbonyl (C=O) groups is 2. The second-order valence-electron chi connectivity index (χ2n) is 4.90. The molecule has 0 radical (unpaired) electrons. The molecular weight excluding hydrogens is 314 g/mol. The van der Waals surface area contributed by atoms with E-state index in [1.54, 1.807) is 24.3 Å². The lowest BCUT2D eigenvalue weighted by Crippen LogP contribution is -2.27. The highest BCUT2D eigenvalue weighted by atomic mass is 16.6. The molecule has 0 N–H and O–H groups in total. The number of Topliss-reactive ketones (excluding diaryl/α,β-unsaturated/α-hetero) is 1. The molecule has 0 unspecified atom stereocenters. The van der Waals surface area contributed by atoms with Crippen LogP contribution < -0.4 is 9.75 Å². The van der Waals surface area contributed by atoms with Crippen molar-refractivity contribution >= 4 is 28.8 Å². The van der Waals surface area contributed by atoms with E-state index in [1.165, 1.54) is 31.4 Å². The van der Waals surface area contributed by atoms with Crippen LogP contribution in [0.5, 0.6) is 5.75 Å². The molecular formula is C16H11N3O5. The van der Waals surface area contributed by atoms with Crippen LogP contribution in [0.25, 0.3) is 0 Å². The summed E-state index contributed by atoms with van der Waals surface area (Å²) in [6, 6.07) is 11.8. The summed E-state index contributed by atoms with van der Waals surface area (Å²) in [4.78, 5) is 34.4. The number of nitro benzene ring substituents is 1. The Kier molecular flexibility index (Phi) is 3.78. The van der Waals surface area contributed by atoms with E-state index < -0.39 is 16.6 Å². The van der Waals surface area contributed by atoms with Gasteiger partial charge in [0, 0.05) is 17.7 Å². The smallest absolute Gasteiger partial charge is 0.321 e. The van der Waals surface area contributed by atoms with Crippen LogP contribution in [-0.4, -0.2) is 29.4 Å². The van der Waals surface area contributed by atoms with Crippen molar-refractivity contribution in [1.82, 2.24) is 0 Å². The van der Waals surface area contributed by atoms with Gasteiger partial charge in [0.1, 0.15) is 11.5 Å². The predicted molar refractivity (Wildman–Crippen MR) is 85.1 cm³/mol. The minimum atomic E-state index is -0.810. The molecule has 0 aliphatic carbocycles.